The molecule has 124 valence electrons. The third kappa shape index (κ3) is 3.19. The Balaban J connectivity index is 2.22. The van der Waals surface area contributed by atoms with Crippen LogP contribution in [-0.4, -0.2) is 13.0 Å². The van der Waals surface area contributed by atoms with Gasteiger partial charge in [0.05, 0.1) is 11.3 Å². The summed E-state index contributed by atoms with van der Waals surface area (Å²) in [5.74, 6) is 0. The van der Waals surface area contributed by atoms with Gasteiger partial charge >= 0.3 is 0 Å². The van der Waals surface area contributed by atoms with Crippen molar-refractivity contribution in [3.8, 4) is 6.07 Å². The highest BCUT2D eigenvalue weighted by Crippen LogP contribution is 2.36. The lowest BCUT2D eigenvalue weighted by atomic mass is 10.1. The summed E-state index contributed by atoms with van der Waals surface area (Å²) in [7, 11) is -4.47. The second-order valence-corrected chi connectivity index (χ2v) is 6.55. The summed E-state index contributed by atoms with van der Waals surface area (Å²) in [6, 6.07) is 16.2. The average Bonchev–Trinajstić information content (AvgIpc) is 2.60. The van der Waals surface area contributed by atoms with Crippen molar-refractivity contribution in [2.75, 3.05) is 5.73 Å². The van der Waals surface area contributed by atoms with Gasteiger partial charge in [-0.2, -0.15) is 13.7 Å². The van der Waals surface area contributed by atoms with E-state index >= 15 is 0 Å². The van der Waals surface area contributed by atoms with E-state index in [1.165, 1.54) is 0 Å². The molecule has 0 aromatic heterocycles. The first-order valence-corrected chi connectivity index (χ1v) is 8.55. The Bertz CT molecular complexity index is 1150. The van der Waals surface area contributed by atoms with Gasteiger partial charge in [-0.1, -0.05) is 36.4 Å². The van der Waals surface area contributed by atoms with Gasteiger partial charge in [0, 0.05) is 10.8 Å². The zero-order valence-corrected chi connectivity index (χ0v) is 13.6. The van der Waals surface area contributed by atoms with Crippen LogP contribution in [0.15, 0.2) is 69.7 Å². The standard InChI is InChI=1S/C17H12N4O3S/c18-10-11-5-1-4-8-14(11)20-21-15-9-16(25(22,23)24)12-6-2-3-7-13(12)17(15)19/h1-9H,19H2,(H,22,23,24)/b21-20+. The van der Waals surface area contributed by atoms with Gasteiger partial charge in [0.1, 0.15) is 22.3 Å². The number of nitrogen functional groups attached to an aromatic ring is 1. The van der Waals surface area contributed by atoms with Crippen molar-refractivity contribution >= 4 is 38.0 Å². The van der Waals surface area contributed by atoms with Gasteiger partial charge in [0.25, 0.3) is 10.1 Å². The Morgan fingerprint density at radius 1 is 0.960 bits per heavy atom. The Kier molecular flexibility index (Phi) is 4.19. The lowest BCUT2D eigenvalue weighted by Gasteiger charge is -2.09. The lowest BCUT2D eigenvalue weighted by molar-refractivity contribution is 0.484. The van der Waals surface area contributed by atoms with Gasteiger partial charge in [0.15, 0.2) is 0 Å². The molecule has 0 fully saturated rings. The van der Waals surface area contributed by atoms with E-state index < -0.39 is 10.1 Å². The third-order valence-electron chi connectivity index (χ3n) is 3.59. The van der Waals surface area contributed by atoms with E-state index in [-0.39, 0.29) is 16.3 Å². The molecule has 3 N–H and O–H groups in total. The number of hydrogen-bond acceptors (Lipinski definition) is 6. The lowest BCUT2D eigenvalue weighted by Crippen LogP contribution is -2.01. The van der Waals surface area contributed by atoms with Gasteiger partial charge in [-0.15, -0.1) is 10.2 Å². The maximum absolute atomic E-state index is 11.7. The summed E-state index contributed by atoms with van der Waals surface area (Å²) >= 11 is 0. The summed E-state index contributed by atoms with van der Waals surface area (Å²) in [5, 5.41) is 17.8. The van der Waals surface area contributed by atoms with E-state index in [2.05, 4.69) is 10.2 Å². The summed E-state index contributed by atoms with van der Waals surface area (Å²) in [5.41, 5.74) is 7.02. The van der Waals surface area contributed by atoms with Crippen LogP contribution in [0.3, 0.4) is 0 Å². The summed E-state index contributed by atoms with van der Waals surface area (Å²) in [6.07, 6.45) is 0. The van der Waals surface area contributed by atoms with Crippen molar-refractivity contribution in [1.29, 1.82) is 5.26 Å². The van der Waals surface area contributed by atoms with E-state index in [9.17, 15) is 13.0 Å². The van der Waals surface area contributed by atoms with E-state index in [4.69, 9.17) is 11.0 Å². The number of anilines is 1. The molecule has 3 aromatic rings. The quantitative estimate of drug-likeness (QED) is 0.419. The zero-order valence-electron chi connectivity index (χ0n) is 12.8. The van der Waals surface area contributed by atoms with Crippen molar-refractivity contribution in [3.63, 3.8) is 0 Å². The molecule has 0 amide bonds. The number of nitrogens with two attached hydrogens (primary N) is 1. The van der Waals surface area contributed by atoms with Crippen LogP contribution in [0.25, 0.3) is 10.8 Å². The smallest absolute Gasteiger partial charge is 0.295 e. The van der Waals surface area contributed by atoms with Gasteiger partial charge in [-0.25, -0.2) is 0 Å². The fourth-order valence-electron chi connectivity index (χ4n) is 2.41. The van der Waals surface area contributed by atoms with E-state index in [0.29, 0.717) is 22.0 Å². The summed E-state index contributed by atoms with van der Waals surface area (Å²) in [4.78, 5) is -0.306. The molecule has 0 unspecified atom stereocenters. The number of azo groups is 1. The monoisotopic (exact) mass is 352 g/mol. The number of nitriles is 1. The topological polar surface area (TPSA) is 129 Å². The highest BCUT2D eigenvalue weighted by atomic mass is 32.2. The van der Waals surface area contributed by atoms with E-state index in [1.807, 2.05) is 6.07 Å². The van der Waals surface area contributed by atoms with E-state index in [1.54, 1.807) is 48.5 Å². The molecule has 0 aliphatic carbocycles. The number of fused-ring (bicyclic) bond motifs is 1. The van der Waals surface area contributed by atoms with Crippen LogP contribution < -0.4 is 5.73 Å². The molecule has 0 aliphatic rings. The second kappa shape index (κ2) is 6.32. The number of benzene rings is 3. The van der Waals surface area contributed by atoms with Gasteiger partial charge in [-0.05, 0) is 18.2 Å². The number of nitrogens with zero attached hydrogens (tertiary/aromatic N) is 3. The number of hydrogen-bond donors (Lipinski definition) is 2. The molecule has 0 bridgehead atoms. The van der Waals surface area contributed by atoms with Gasteiger partial charge < -0.3 is 5.73 Å². The van der Waals surface area contributed by atoms with Crippen LogP contribution in [0.5, 0.6) is 0 Å². The zero-order chi connectivity index (χ0) is 18.0. The fourth-order valence-corrected chi connectivity index (χ4v) is 3.13. The molecular formula is C17H12N4O3S. The van der Waals surface area contributed by atoms with Crippen molar-refractivity contribution in [2.45, 2.75) is 4.90 Å². The third-order valence-corrected chi connectivity index (χ3v) is 4.49. The number of rotatable bonds is 3. The Labute approximate surface area is 143 Å². The Morgan fingerprint density at radius 3 is 2.24 bits per heavy atom. The van der Waals surface area contributed by atoms with Gasteiger partial charge in [-0.3, -0.25) is 4.55 Å². The van der Waals surface area contributed by atoms with Crippen LogP contribution in [0.4, 0.5) is 17.1 Å². The van der Waals surface area contributed by atoms with E-state index in [0.717, 1.165) is 6.07 Å². The molecule has 8 heteroatoms. The van der Waals surface area contributed by atoms with Crippen molar-refractivity contribution in [3.05, 3.63) is 60.2 Å². The predicted octanol–water partition coefficient (Wildman–Crippen LogP) is 3.96. The van der Waals surface area contributed by atoms with Crippen molar-refractivity contribution in [2.24, 2.45) is 10.2 Å². The van der Waals surface area contributed by atoms with Crippen LogP contribution >= 0.6 is 0 Å². The van der Waals surface area contributed by atoms with Crippen molar-refractivity contribution < 1.29 is 13.0 Å². The molecule has 0 radical (unpaired) electrons. The molecule has 0 atom stereocenters. The highest BCUT2D eigenvalue weighted by molar-refractivity contribution is 7.86. The van der Waals surface area contributed by atoms with Crippen molar-refractivity contribution in [1.82, 2.24) is 0 Å². The van der Waals surface area contributed by atoms with Gasteiger partial charge in [0.2, 0.25) is 0 Å². The largest absolute Gasteiger partial charge is 0.396 e. The average molecular weight is 352 g/mol. The predicted molar refractivity (Wildman–Crippen MR) is 93.5 cm³/mol. The van der Waals surface area contributed by atoms with Crippen LogP contribution in [0, 0.1) is 11.3 Å². The molecule has 0 spiro atoms. The molecule has 0 saturated heterocycles. The van der Waals surface area contributed by atoms with Crippen LogP contribution in [0.2, 0.25) is 0 Å². The molecule has 3 aromatic carbocycles. The van der Waals surface area contributed by atoms with Crippen LogP contribution in [-0.2, 0) is 10.1 Å². The molecule has 3 rings (SSSR count). The Hall–Kier alpha value is -3.28. The molecule has 0 heterocycles. The molecule has 0 saturated carbocycles. The molecular weight excluding hydrogens is 340 g/mol. The highest BCUT2D eigenvalue weighted by Gasteiger charge is 2.18. The second-order valence-electron chi connectivity index (χ2n) is 5.16. The first-order valence-electron chi connectivity index (χ1n) is 7.11. The van der Waals surface area contributed by atoms with Crippen LogP contribution in [0.1, 0.15) is 5.56 Å². The minimum atomic E-state index is -4.47. The first-order chi connectivity index (χ1) is 11.9. The maximum Gasteiger partial charge on any atom is 0.295 e. The molecule has 7 nitrogen and oxygen atoms in total. The fraction of sp³-hybridized carbons (Fsp3) is 0. The first kappa shape index (κ1) is 16.6. The molecule has 25 heavy (non-hydrogen) atoms. The SMILES string of the molecule is N#Cc1ccccc1/N=N/c1cc(S(=O)(=O)O)c2ccccc2c1N. The minimum Gasteiger partial charge on any atom is -0.396 e. The minimum absolute atomic E-state index is 0.0825. The summed E-state index contributed by atoms with van der Waals surface area (Å²) < 4.78 is 32.9. The summed E-state index contributed by atoms with van der Waals surface area (Å²) in [6.45, 7) is 0. The maximum atomic E-state index is 11.7. The Morgan fingerprint density at radius 2 is 1.56 bits per heavy atom. The molecule has 0 aliphatic heterocycles. The normalized spacial score (nSPS) is 11.7.